The van der Waals surface area contributed by atoms with Crippen molar-refractivity contribution in [3.63, 3.8) is 0 Å². The topological polar surface area (TPSA) is 90.5 Å². The zero-order valence-corrected chi connectivity index (χ0v) is 16.8. The minimum Gasteiger partial charge on any atom is -0.317 e. The summed E-state index contributed by atoms with van der Waals surface area (Å²) in [6.45, 7) is 1.98. The summed E-state index contributed by atoms with van der Waals surface area (Å²) in [5.41, 5.74) is 3.19. The Morgan fingerprint density at radius 2 is 1.87 bits per heavy atom. The minimum absolute atomic E-state index is 0.0311. The van der Waals surface area contributed by atoms with Crippen LogP contribution < -0.4 is 5.32 Å². The average Bonchev–Trinajstić information content (AvgIpc) is 3.43. The number of ketones is 1. The second-order valence-electron chi connectivity index (χ2n) is 7.79. The normalized spacial score (nSPS) is 15.0. The van der Waals surface area contributed by atoms with Crippen LogP contribution in [0.3, 0.4) is 0 Å². The molecule has 0 spiro atoms. The van der Waals surface area contributed by atoms with Crippen LogP contribution in [0.4, 0.5) is 0 Å². The molecule has 1 aliphatic rings. The van der Waals surface area contributed by atoms with E-state index in [1.54, 1.807) is 29.5 Å². The largest absolute Gasteiger partial charge is 0.317 e. The van der Waals surface area contributed by atoms with E-state index in [0.717, 1.165) is 53.7 Å². The van der Waals surface area contributed by atoms with Crippen LogP contribution in [0.25, 0.3) is 22.0 Å². The molecule has 0 saturated carbocycles. The van der Waals surface area contributed by atoms with Gasteiger partial charge in [-0.25, -0.2) is 0 Å². The first-order valence-electron chi connectivity index (χ1n) is 10.2. The molecule has 0 aromatic carbocycles. The number of nitrogens with zero attached hydrogens (tertiary/aromatic N) is 6. The highest BCUT2D eigenvalue weighted by atomic mass is 16.1. The van der Waals surface area contributed by atoms with Crippen molar-refractivity contribution in [2.24, 2.45) is 7.05 Å². The Labute approximate surface area is 174 Å². The predicted octanol–water partition coefficient (Wildman–Crippen LogP) is 2.58. The van der Waals surface area contributed by atoms with E-state index in [1.807, 2.05) is 36.3 Å². The summed E-state index contributed by atoms with van der Waals surface area (Å²) in [4.78, 5) is 21.8. The Kier molecular flexibility index (Phi) is 4.84. The van der Waals surface area contributed by atoms with E-state index in [1.165, 1.54) is 0 Å². The van der Waals surface area contributed by atoms with Crippen molar-refractivity contribution in [1.29, 1.82) is 0 Å². The van der Waals surface area contributed by atoms with Crippen LogP contribution >= 0.6 is 0 Å². The van der Waals surface area contributed by atoms with E-state index in [4.69, 9.17) is 0 Å². The molecular formula is C22H23N7O. The first-order chi connectivity index (χ1) is 14.7. The van der Waals surface area contributed by atoms with E-state index < -0.39 is 0 Å². The van der Waals surface area contributed by atoms with Gasteiger partial charge in [0, 0.05) is 48.5 Å². The molecule has 8 nitrogen and oxygen atoms in total. The summed E-state index contributed by atoms with van der Waals surface area (Å²) in [6.07, 6.45) is 13.2. The first kappa shape index (κ1) is 18.6. The third-order valence-electron chi connectivity index (χ3n) is 5.61. The maximum atomic E-state index is 12.8. The van der Waals surface area contributed by atoms with Gasteiger partial charge >= 0.3 is 0 Å². The van der Waals surface area contributed by atoms with E-state index in [2.05, 4.69) is 25.5 Å². The molecule has 1 aliphatic heterocycles. The van der Waals surface area contributed by atoms with Crippen LogP contribution in [-0.4, -0.2) is 48.4 Å². The average molecular weight is 401 g/mol. The summed E-state index contributed by atoms with van der Waals surface area (Å²) in [5.74, 6) is 0.0311. The van der Waals surface area contributed by atoms with Gasteiger partial charge in [-0.2, -0.15) is 10.2 Å². The van der Waals surface area contributed by atoms with Gasteiger partial charge in [0.1, 0.15) is 0 Å². The molecule has 1 saturated heterocycles. The summed E-state index contributed by atoms with van der Waals surface area (Å²) < 4.78 is 3.69. The highest BCUT2D eigenvalue weighted by molar-refractivity contribution is 5.97. The lowest BCUT2D eigenvalue weighted by atomic mass is 10.1. The highest BCUT2D eigenvalue weighted by Crippen LogP contribution is 2.22. The number of pyridine rings is 2. The number of nitrogens with one attached hydrogen (secondary N) is 1. The van der Waals surface area contributed by atoms with Crippen LogP contribution in [-0.2, 0) is 13.5 Å². The molecule has 1 fully saturated rings. The maximum absolute atomic E-state index is 12.8. The summed E-state index contributed by atoms with van der Waals surface area (Å²) in [5, 5.41) is 13.9. The minimum atomic E-state index is 0.0311. The number of hydrogen-bond donors (Lipinski definition) is 1. The van der Waals surface area contributed by atoms with Crippen molar-refractivity contribution in [3.05, 3.63) is 60.6 Å². The van der Waals surface area contributed by atoms with Crippen LogP contribution in [0.5, 0.6) is 0 Å². The molecule has 30 heavy (non-hydrogen) atoms. The Bertz CT molecular complexity index is 1200. The van der Waals surface area contributed by atoms with Gasteiger partial charge in [-0.1, -0.05) is 0 Å². The number of fused-ring (bicyclic) bond motifs is 1. The number of rotatable bonds is 5. The lowest BCUT2D eigenvalue weighted by Gasteiger charge is -2.22. The summed E-state index contributed by atoms with van der Waals surface area (Å²) in [7, 11) is 1.88. The molecule has 0 aliphatic carbocycles. The van der Waals surface area contributed by atoms with Crippen molar-refractivity contribution >= 4 is 16.6 Å². The smallest absolute Gasteiger partial charge is 0.171 e. The molecule has 0 radical (unpaired) electrons. The van der Waals surface area contributed by atoms with Gasteiger partial charge in [-0.3, -0.25) is 24.1 Å². The predicted molar refractivity (Wildman–Crippen MR) is 113 cm³/mol. The van der Waals surface area contributed by atoms with Gasteiger partial charge in [0.2, 0.25) is 0 Å². The zero-order chi connectivity index (χ0) is 20.5. The van der Waals surface area contributed by atoms with Crippen molar-refractivity contribution in [3.8, 4) is 11.3 Å². The Balaban J connectivity index is 1.35. The molecule has 4 aromatic heterocycles. The quantitative estimate of drug-likeness (QED) is 0.517. The third-order valence-corrected chi connectivity index (χ3v) is 5.61. The highest BCUT2D eigenvalue weighted by Gasteiger charge is 2.18. The molecule has 0 bridgehead atoms. The molecule has 0 amide bonds. The SMILES string of the molecule is Cn1cc(-c2cc3cc(CC(=O)c4cnn(C5CCNCC5)c4)ncc3cn2)cn1. The Morgan fingerprint density at radius 3 is 2.67 bits per heavy atom. The van der Waals surface area contributed by atoms with E-state index in [0.29, 0.717) is 11.6 Å². The van der Waals surface area contributed by atoms with Gasteiger partial charge in [0.05, 0.1) is 36.1 Å². The number of Topliss-reactive ketones (excluding diaryl/α,β-unsaturated/α-hetero) is 1. The molecule has 5 rings (SSSR count). The molecule has 0 unspecified atom stereocenters. The third kappa shape index (κ3) is 3.73. The van der Waals surface area contributed by atoms with Gasteiger partial charge in [-0.15, -0.1) is 0 Å². The number of piperidine rings is 1. The van der Waals surface area contributed by atoms with Crippen LogP contribution in [0.2, 0.25) is 0 Å². The summed E-state index contributed by atoms with van der Waals surface area (Å²) in [6, 6.07) is 4.34. The van der Waals surface area contributed by atoms with E-state index in [9.17, 15) is 4.79 Å². The Hall–Kier alpha value is -3.39. The van der Waals surface area contributed by atoms with Crippen molar-refractivity contribution in [2.75, 3.05) is 13.1 Å². The lowest BCUT2D eigenvalue weighted by Crippen LogP contribution is -2.29. The molecule has 152 valence electrons. The molecular weight excluding hydrogens is 378 g/mol. The van der Waals surface area contributed by atoms with E-state index in [-0.39, 0.29) is 12.2 Å². The summed E-state index contributed by atoms with van der Waals surface area (Å²) >= 11 is 0. The molecule has 4 aromatic rings. The van der Waals surface area contributed by atoms with Crippen LogP contribution in [0, 0.1) is 0 Å². The number of aryl methyl sites for hydroxylation is 1. The number of hydrogen-bond acceptors (Lipinski definition) is 6. The second kappa shape index (κ2) is 7.79. The lowest BCUT2D eigenvalue weighted by molar-refractivity contribution is 0.0992. The fraction of sp³-hybridized carbons (Fsp3) is 0.318. The number of aromatic nitrogens is 6. The molecule has 0 atom stereocenters. The maximum Gasteiger partial charge on any atom is 0.171 e. The number of carbonyl (C=O) groups excluding carboxylic acids is 1. The zero-order valence-electron chi connectivity index (χ0n) is 16.8. The standard InChI is InChI=1S/C22H23N7O/c1-28-13-17(11-26-28)21-7-15-6-19(24-9-16(15)10-25-21)8-22(30)18-12-27-29(14-18)20-2-4-23-5-3-20/h6-7,9-14,20,23H,2-5,8H2,1H3. The number of carbonyl (C=O) groups is 1. The van der Waals surface area contributed by atoms with Crippen molar-refractivity contribution in [2.45, 2.75) is 25.3 Å². The molecule has 8 heteroatoms. The monoisotopic (exact) mass is 401 g/mol. The van der Waals surface area contributed by atoms with Gasteiger partial charge < -0.3 is 5.32 Å². The van der Waals surface area contributed by atoms with Crippen LogP contribution in [0.1, 0.15) is 34.9 Å². The van der Waals surface area contributed by atoms with Crippen LogP contribution in [0.15, 0.2) is 49.3 Å². The first-order valence-corrected chi connectivity index (χ1v) is 10.2. The van der Waals surface area contributed by atoms with Gasteiger partial charge in [0.25, 0.3) is 0 Å². The molecule has 1 N–H and O–H groups in total. The van der Waals surface area contributed by atoms with Gasteiger partial charge in [-0.05, 0) is 43.5 Å². The molecule has 5 heterocycles. The van der Waals surface area contributed by atoms with Gasteiger partial charge in [0.15, 0.2) is 5.78 Å². The Morgan fingerprint density at radius 1 is 1.03 bits per heavy atom. The van der Waals surface area contributed by atoms with Crippen molar-refractivity contribution in [1.82, 2.24) is 34.8 Å². The fourth-order valence-corrected chi connectivity index (χ4v) is 3.91. The second-order valence-corrected chi connectivity index (χ2v) is 7.79. The van der Waals surface area contributed by atoms with E-state index >= 15 is 0 Å². The van der Waals surface area contributed by atoms with Crippen molar-refractivity contribution < 1.29 is 4.79 Å². The fourth-order valence-electron chi connectivity index (χ4n) is 3.91.